The number of amides is 1. The summed E-state index contributed by atoms with van der Waals surface area (Å²) in [6.45, 7) is 5.29. The second-order valence-electron chi connectivity index (χ2n) is 5.60. The molecule has 0 unspecified atom stereocenters. The molecule has 1 amide bonds. The number of thiocarbonyl (C=S) groups is 1. The van der Waals surface area contributed by atoms with Gasteiger partial charge in [-0.3, -0.25) is 10.1 Å². The molecule has 0 aliphatic heterocycles. The molecule has 0 aliphatic rings. The first-order chi connectivity index (χ1) is 12.6. The van der Waals surface area contributed by atoms with Gasteiger partial charge in [0.15, 0.2) is 5.11 Å². The highest BCUT2D eigenvalue weighted by atomic mass is 32.1. The molecule has 0 bridgehead atoms. The number of rotatable bonds is 8. The summed E-state index contributed by atoms with van der Waals surface area (Å²) in [5.74, 6) is 1.22. The SMILES string of the molecule is CCCCOc1cccc(NC(=S)NC(=O)c2ccc(OCC)cc2)c1. The van der Waals surface area contributed by atoms with Crippen molar-refractivity contribution in [3.63, 3.8) is 0 Å². The summed E-state index contributed by atoms with van der Waals surface area (Å²) in [7, 11) is 0. The van der Waals surface area contributed by atoms with Gasteiger partial charge in [-0.05, 0) is 62.0 Å². The molecule has 2 aromatic rings. The highest BCUT2D eigenvalue weighted by Gasteiger charge is 2.08. The van der Waals surface area contributed by atoms with Crippen molar-refractivity contribution in [1.29, 1.82) is 0 Å². The third-order valence-electron chi connectivity index (χ3n) is 3.51. The third kappa shape index (κ3) is 6.37. The van der Waals surface area contributed by atoms with Gasteiger partial charge in [0.05, 0.1) is 13.2 Å². The summed E-state index contributed by atoms with van der Waals surface area (Å²) in [5.41, 5.74) is 1.27. The number of benzene rings is 2. The van der Waals surface area contributed by atoms with E-state index in [0.717, 1.165) is 30.0 Å². The van der Waals surface area contributed by atoms with Gasteiger partial charge in [0.25, 0.3) is 5.91 Å². The van der Waals surface area contributed by atoms with E-state index >= 15 is 0 Å². The number of anilines is 1. The maximum atomic E-state index is 12.3. The first-order valence-corrected chi connectivity index (χ1v) is 9.11. The molecule has 5 nitrogen and oxygen atoms in total. The van der Waals surface area contributed by atoms with Crippen LogP contribution in [0.15, 0.2) is 48.5 Å². The number of ether oxygens (including phenoxy) is 2. The van der Waals surface area contributed by atoms with Crippen LogP contribution in [-0.2, 0) is 0 Å². The van der Waals surface area contributed by atoms with Crippen molar-refractivity contribution in [1.82, 2.24) is 5.32 Å². The van der Waals surface area contributed by atoms with Gasteiger partial charge in [-0.15, -0.1) is 0 Å². The van der Waals surface area contributed by atoms with E-state index in [2.05, 4.69) is 17.6 Å². The average Bonchev–Trinajstić information content (AvgIpc) is 2.63. The Morgan fingerprint density at radius 1 is 1.04 bits per heavy atom. The van der Waals surface area contributed by atoms with Gasteiger partial charge in [0, 0.05) is 17.3 Å². The Balaban J connectivity index is 1.89. The Labute approximate surface area is 159 Å². The minimum atomic E-state index is -0.277. The lowest BCUT2D eigenvalue weighted by molar-refractivity contribution is 0.0977. The van der Waals surface area contributed by atoms with Crippen LogP contribution in [0.1, 0.15) is 37.0 Å². The number of hydrogen-bond donors (Lipinski definition) is 2. The number of unbranched alkanes of at least 4 members (excludes halogenated alkanes) is 1. The molecule has 0 saturated carbocycles. The smallest absolute Gasteiger partial charge is 0.257 e. The van der Waals surface area contributed by atoms with Crippen LogP contribution in [0, 0.1) is 0 Å². The number of hydrogen-bond acceptors (Lipinski definition) is 4. The monoisotopic (exact) mass is 372 g/mol. The van der Waals surface area contributed by atoms with Crippen molar-refractivity contribution in [2.75, 3.05) is 18.5 Å². The highest BCUT2D eigenvalue weighted by molar-refractivity contribution is 7.80. The molecule has 6 heteroatoms. The lowest BCUT2D eigenvalue weighted by Gasteiger charge is -2.11. The molecule has 2 rings (SSSR count). The average molecular weight is 372 g/mol. The molecule has 0 fully saturated rings. The zero-order valence-corrected chi connectivity index (χ0v) is 15.9. The van der Waals surface area contributed by atoms with Gasteiger partial charge in [0.1, 0.15) is 11.5 Å². The summed E-state index contributed by atoms with van der Waals surface area (Å²) in [5, 5.41) is 5.90. The molecule has 0 spiro atoms. The molecule has 26 heavy (non-hydrogen) atoms. The van der Waals surface area contributed by atoms with E-state index in [9.17, 15) is 4.79 Å². The zero-order valence-electron chi connectivity index (χ0n) is 15.1. The van der Waals surface area contributed by atoms with Gasteiger partial charge in [-0.2, -0.15) is 0 Å². The van der Waals surface area contributed by atoms with Crippen LogP contribution < -0.4 is 20.1 Å². The van der Waals surface area contributed by atoms with Crippen molar-refractivity contribution >= 4 is 28.9 Å². The molecule has 2 N–H and O–H groups in total. The van der Waals surface area contributed by atoms with E-state index in [1.54, 1.807) is 24.3 Å². The fourth-order valence-corrected chi connectivity index (χ4v) is 2.42. The molecular formula is C20H24N2O3S. The molecule has 0 saturated heterocycles. The van der Waals surface area contributed by atoms with E-state index in [1.165, 1.54) is 0 Å². The summed E-state index contributed by atoms with van der Waals surface area (Å²) in [6, 6.07) is 14.4. The van der Waals surface area contributed by atoms with Crippen molar-refractivity contribution in [3.05, 3.63) is 54.1 Å². The minimum absolute atomic E-state index is 0.231. The van der Waals surface area contributed by atoms with Crippen LogP contribution in [0.2, 0.25) is 0 Å². The van der Waals surface area contributed by atoms with Gasteiger partial charge in [0.2, 0.25) is 0 Å². The summed E-state index contributed by atoms with van der Waals surface area (Å²) < 4.78 is 11.0. The van der Waals surface area contributed by atoms with Crippen LogP contribution in [0.25, 0.3) is 0 Å². The van der Waals surface area contributed by atoms with Crippen molar-refractivity contribution in [3.8, 4) is 11.5 Å². The van der Waals surface area contributed by atoms with Gasteiger partial charge < -0.3 is 14.8 Å². The molecule has 0 heterocycles. The van der Waals surface area contributed by atoms with Gasteiger partial charge >= 0.3 is 0 Å². The topological polar surface area (TPSA) is 59.6 Å². The van der Waals surface area contributed by atoms with Gasteiger partial charge in [-0.25, -0.2) is 0 Å². The van der Waals surface area contributed by atoms with Crippen molar-refractivity contribution in [2.24, 2.45) is 0 Å². The number of carbonyl (C=O) groups excluding carboxylic acids is 1. The summed E-state index contributed by atoms with van der Waals surface area (Å²) in [6.07, 6.45) is 2.09. The predicted octanol–water partition coefficient (Wildman–Crippen LogP) is 4.39. The van der Waals surface area contributed by atoms with Crippen molar-refractivity contribution in [2.45, 2.75) is 26.7 Å². The summed E-state index contributed by atoms with van der Waals surface area (Å²) in [4.78, 5) is 12.3. The molecule has 0 aromatic heterocycles. The van der Waals surface area contributed by atoms with E-state index in [1.807, 2.05) is 31.2 Å². The van der Waals surface area contributed by atoms with Gasteiger partial charge in [-0.1, -0.05) is 19.4 Å². The lowest BCUT2D eigenvalue weighted by Crippen LogP contribution is -2.34. The highest BCUT2D eigenvalue weighted by Crippen LogP contribution is 2.18. The number of nitrogens with one attached hydrogen (secondary N) is 2. The lowest BCUT2D eigenvalue weighted by atomic mass is 10.2. The quantitative estimate of drug-likeness (QED) is 0.532. The van der Waals surface area contributed by atoms with Crippen LogP contribution in [0.3, 0.4) is 0 Å². The minimum Gasteiger partial charge on any atom is -0.494 e. The Morgan fingerprint density at radius 3 is 2.50 bits per heavy atom. The fraction of sp³-hybridized carbons (Fsp3) is 0.300. The summed E-state index contributed by atoms with van der Waals surface area (Å²) >= 11 is 5.22. The molecule has 2 aromatic carbocycles. The maximum Gasteiger partial charge on any atom is 0.257 e. The van der Waals surface area contributed by atoms with E-state index in [-0.39, 0.29) is 11.0 Å². The Morgan fingerprint density at radius 2 is 1.81 bits per heavy atom. The zero-order chi connectivity index (χ0) is 18.8. The molecule has 138 valence electrons. The first kappa shape index (κ1) is 19.7. The second-order valence-corrected chi connectivity index (χ2v) is 6.00. The number of carbonyl (C=O) groups is 1. The van der Waals surface area contributed by atoms with Crippen LogP contribution >= 0.6 is 12.2 Å². The Bertz CT molecular complexity index is 732. The molecule has 0 aliphatic carbocycles. The van der Waals surface area contributed by atoms with Crippen LogP contribution in [0.4, 0.5) is 5.69 Å². The van der Waals surface area contributed by atoms with Crippen LogP contribution in [0.5, 0.6) is 11.5 Å². The standard InChI is InChI=1S/C20H24N2O3S/c1-3-5-13-25-18-8-6-7-16(14-18)21-20(26)22-19(23)15-9-11-17(12-10-15)24-4-2/h6-12,14H,3-5,13H2,1-2H3,(H2,21,22,23,26). The normalized spacial score (nSPS) is 10.1. The van der Waals surface area contributed by atoms with Crippen LogP contribution in [-0.4, -0.2) is 24.2 Å². The van der Waals surface area contributed by atoms with Crippen molar-refractivity contribution < 1.29 is 14.3 Å². The molecular weight excluding hydrogens is 348 g/mol. The predicted molar refractivity (Wildman–Crippen MR) is 108 cm³/mol. The first-order valence-electron chi connectivity index (χ1n) is 8.70. The maximum absolute atomic E-state index is 12.3. The van der Waals surface area contributed by atoms with E-state index in [4.69, 9.17) is 21.7 Å². The molecule has 0 radical (unpaired) electrons. The third-order valence-corrected chi connectivity index (χ3v) is 3.72. The fourth-order valence-electron chi connectivity index (χ4n) is 2.20. The molecule has 0 atom stereocenters. The second kappa shape index (κ2) is 10.4. The largest absolute Gasteiger partial charge is 0.494 e. The van der Waals surface area contributed by atoms with E-state index < -0.39 is 0 Å². The van der Waals surface area contributed by atoms with E-state index in [0.29, 0.717) is 18.8 Å². The Kier molecular flexibility index (Phi) is 7.89. The Hall–Kier alpha value is -2.60.